The fraction of sp³-hybridized carbons (Fsp3) is 0.375. The number of hydrogen-bond acceptors (Lipinski definition) is 8. The average molecular weight is 623 g/mol. The summed E-state index contributed by atoms with van der Waals surface area (Å²) in [6.45, 7) is 16.5. The quantitative estimate of drug-likeness (QED) is 0.195. The van der Waals surface area contributed by atoms with Gasteiger partial charge in [0.15, 0.2) is 22.7 Å². The molecule has 0 aliphatic carbocycles. The molecule has 10 nitrogen and oxygen atoms in total. The van der Waals surface area contributed by atoms with Crippen LogP contribution in [0.15, 0.2) is 48.8 Å². The molecule has 232 valence electrons. The molecule has 0 saturated heterocycles. The predicted octanol–water partition coefficient (Wildman–Crippen LogP) is 6.87. The summed E-state index contributed by atoms with van der Waals surface area (Å²) in [4.78, 5) is 32.4. The van der Waals surface area contributed by atoms with Gasteiger partial charge in [0.05, 0.1) is 31.3 Å². The second-order valence-corrected chi connectivity index (χ2v) is 12.4. The fourth-order valence-electron chi connectivity index (χ4n) is 4.40. The Labute approximate surface area is 260 Å². The van der Waals surface area contributed by atoms with Crippen molar-refractivity contribution in [1.82, 2.24) is 29.2 Å². The van der Waals surface area contributed by atoms with Crippen LogP contribution in [0.25, 0.3) is 22.6 Å². The molecule has 0 fully saturated rings. The number of hydrogen-bond donors (Lipinski definition) is 0. The number of ether oxygens (including phenoxy) is 2. The summed E-state index contributed by atoms with van der Waals surface area (Å²) in [7, 11) is 0. The molecule has 0 N–H and O–H groups in total. The Bertz CT molecular complexity index is 1820. The van der Waals surface area contributed by atoms with Crippen molar-refractivity contribution in [2.75, 3.05) is 13.2 Å². The van der Waals surface area contributed by atoms with Crippen LogP contribution in [0.4, 0.5) is 4.39 Å². The number of aromatic nitrogens is 6. The first-order valence-corrected chi connectivity index (χ1v) is 14.6. The van der Waals surface area contributed by atoms with Crippen molar-refractivity contribution in [1.29, 1.82) is 0 Å². The number of fused-ring (bicyclic) bond motifs is 2. The minimum absolute atomic E-state index is 0.148. The molecule has 0 spiro atoms. The molecule has 1 aromatic carbocycles. The highest BCUT2D eigenvalue weighted by Crippen LogP contribution is 2.30. The molecule has 0 unspecified atom stereocenters. The maximum absolute atomic E-state index is 13.2. The van der Waals surface area contributed by atoms with Gasteiger partial charge in [-0.2, -0.15) is 10.2 Å². The van der Waals surface area contributed by atoms with Crippen LogP contribution < -0.4 is 0 Å². The summed E-state index contributed by atoms with van der Waals surface area (Å²) < 4.78 is 26.3. The van der Waals surface area contributed by atoms with Crippen molar-refractivity contribution in [3.63, 3.8) is 0 Å². The second kappa shape index (κ2) is 12.7. The van der Waals surface area contributed by atoms with Crippen LogP contribution in [-0.4, -0.2) is 54.3 Å². The molecular formula is C32H36ClFN6O4. The molecule has 0 aliphatic heterocycles. The van der Waals surface area contributed by atoms with Crippen LogP contribution in [0.3, 0.4) is 0 Å². The minimum Gasteiger partial charge on any atom is -0.461 e. The van der Waals surface area contributed by atoms with Crippen molar-refractivity contribution in [3.05, 3.63) is 82.3 Å². The molecule has 12 heteroatoms. The van der Waals surface area contributed by atoms with Gasteiger partial charge >= 0.3 is 11.9 Å². The third kappa shape index (κ3) is 7.21. The van der Waals surface area contributed by atoms with Crippen LogP contribution in [0.5, 0.6) is 0 Å². The first kappa shape index (κ1) is 32.5. The SMILES string of the molecule is CCOC(=O)c1cn2nc(-c3ccc(F)cc3)cc(C(C)(C)C)c2n1.CCOC(=O)c1cn2nc(Cl)cc(C(C)(C)C)c2n1. The van der Waals surface area contributed by atoms with Crippen LogP contribution in [0.1, 0.15) is 87.5 Å². The molecule has 0 aliphatic rings. The Kier molecular flexibility index (Phi) is 9.39. The Morgan fingerprint density at radius 1 is 0.773 bits per heavy atom. The van der Waals surface area contributed by atoms with Gasteiger partial charge in [-0.3, -0.25) is 0 Å². The zero-order valence-electron chi connectivity index (χ0n) is 26.1. The van der Waals surface area contributed by atoms with Gasteiger partial charge < -0.3 is 9.47 Å². The van der Waals surface area contributed by atoms with E-state index in [0.717, 1.165) is 16.7 Å². The van der Waals surface area contributed by atoms with Gasteiger partial charge in [-0.25, -0.2) is 33.0 Å². The number of carbonyl (C=O) groups excluding carboxylic acids is 2. The molecule has 0 atom stereocenters. The third-order valence-corrected chi connectivity index (χ3v) is 6.73. The number of carbonyl (C=O) groups is 2. The average Bonchev–Trinajstić information content (AvgIpc) is 3.56. The van der Waals surface area contributed by atoms with Crippen LogP contribution in [0, 0.1) is 5.82 Å². The number of rotatable bonds is 5. The van der Waals surface area contributed by atoms with E-state index >= 15 is 0 Å². The second-order valence-electron chi connectivity index (χ2n) is 12.1. The molecule has 4 heterocycles. The van der Waals surface area contributed by atoms with E-state index in [0.29, 0.717) is 28.7 Å². The normalized spacial score (nSPS) is 11.8. The fourth-order valence-corrected chi connectivity index (χ4v) is 4.59. The van der Waals surface area contributed by atoms with Gasteiger partial charge in [-0.15, -0.1) is 0 Å². The molecule has 5 aromatic rings. The summed E-state index contributed by atoms with van der Waals surface area (Å²) in [6, 6.07) is 9.87. The Balaban J connectivity index is 0.000000209. The summed E-state index contributed by atoms with van der Waals surface area (Å²) in [6.07, 6.45) is 3.10. The number of esters is 2. The Hall–Kier alpha value is -4.38. The molecule has 0 saturated carbocycles. The monoisotopic (exact) mass is 622 g/mol. The number of imidazole rings is 2. The lowest BCUT2D eigenvalue weighted by molar-refractivity contribution is 0.0511. The van der Waals surface area contributed by atoms with Crippen molar-refractivity contribution in [3.8, 4) is 11.3 Å². The third-order valence-electron chi connectivity index (χ3n) is 6.55. The van der Waals surface area contributed by atoms with Crippen molar-refractivity contribution < 1.29 is 23.5 Å². The zero-order chi connectivity index (χ0) is 32.4. The lowest BCUT2D eigenvalue weighted by Gasteiger charge is -2.20. The maximum atomic E-state index is 13.2. The highest BCUT2D eigenvalue weighted by molar-refractivity contribution is 6.29. The predicted molar refractivity (Wildman–Crippen MR) is 166 cm³/mol. The molecule has 0 bridgehead atoms. The summed E-state index contributed by atoms with van der Waals surface area (Å²) >= 11 is 6.00. The van der Waals surface area contributed by atoms with Crippen LogP contribution in [0.2, 0.25) is 5.15 Å². The zero-order valence-corrected chi connectivity index (χ0v) is 26.9. The largest absolute Gasteiger partial charge is 0.461 e. The van der Waals surface area contributed by atoms with Gasteiger partial charge in [0, 0.05) is 16.7 Å². The first-order chi connectivity index (χ1) is 20.6. The van der Waals surface area contributed by atoms with Crippen molar-refractivity contribution in [2.24, 2.45) is 0 Å². The minimum atomic E-state index is -0.476. The van der Waals surface area contributed by atoms with Gasteiger partial charge in [-0.05, 0) is 61.1 Å². The highest BCUT2D eigenvalue weighted by atomic mass is 35.5. The van der Waals surface area contributed by atoms with E-state index in [1.54, 1.807) is 42.8 Å². The Morgan fingerprint density at radius 3 is 1.68 bits per heavy atom. The van der Waals surface area contributed by atoms with Gasteiger partial charge in [0.1, 0.15) is 11.0 Å². The van der Waals surface area contributed by atoms with E-state index in [1.165, 1.54) is 22.8 Å². The summed E-state index contributed by atoms with van der Waals surface area (Å²) in [5, 5.41) is 9.03. The standard InChI is InChI=1S/C19H20FN3O2.C13H16ClN3O2/c1-5-25-18(24)16-11-23-17(21-16)14(19(2,3)4)10-15(22-23)12-6-8-13(20)9-7-12;1-5-19-12(18)9-7-17-11(15-9)8(13(2,3)4)6-10(14)16-17/h6-11H,5H2,1-4H3;6-7H,5H2,1-4H3. The smallest absolute Gasteiger partial charge is 0.358 e. The van der Waals surface area contributed by atoms with Crippen molar-refractivity contribution in [2.45, 2.75) is 66.2 Å². The summed E-state index contributed by atoms with van der Waals surface area (Å²) in [5.41, 5.74) is 4.69. The van der Waals surface area contributed by atoms with E-state index < -0.39 is 11.9 Å². The van der Waals surface area contributed by atoms with E-state index in [9.17, 15) is 14.0 Å². The molecule has 0 radical (unpaired) electrons. The Morgan fingerprint density at radius 2 is 1.23 bits per heavy atom. The first-order valence-electron chi connectivity index (χ1n) is 14.2. The number of halogens is 2. The van der Waals surface area contributed by atoms with E-state index in [2.05, 4.69) is 61.7 Å². The van der Waals surface area contributed by atoms with Gasteiger partial charge in [-0.1, -0.05) is 53.1 Å². The molecule has 0 amide bonds. The molecule has 4 aromatic heterocycles. The lowest BCUT2D eigenvalue weighted by atomic mass is 9.87. The van der Waals surface area contributed by atoms with Crippen LogP contribution >= 0.6 is 11.6 Å². The molecule has 5 rings (SSSR count). The van der Waals surface area contributed by atoms with E-state index in [-0.39, 0.29) is 34.6 Å². The highest BCUT2D eigenvalue weighted by Gasteiger charge is 2.24. The maximum Gasteiger partial charge on any atom is 0.358 e. The van der Waals surface area contributed by atoms with E-state index in [1.807, 2.05) is 6.07 Å². The van der Waals surface area contributed by atoms with Crippen molar-refractivity contribution >= 4 is 34.8 Å². The lowest BCUT2D eigenvalue weighted by Crippen LogP contribution is -2.14. The van der Waals surface area contributed by atoms with E-state index in [4.69, 9.17) is 21.1 Å². The number of benzene rings is 1. The molecule has 44 heavy (non-hydrogen) atoms. The number of nitrogens with zero attached hydrogens (tertiary/aromatic N) is 6. The van der Waals surface area contributed by atoms with Gasteiger partial charge in [0.2, 0.25) is 0 Å². The van der Waals surface area contributed by atoms with Crippen LogP contribution in [-0.2, 0) is 20.3 Å². The summed E-state index contributed by atoms with van der Waals surface area (Å²) in [5.74, 6) is -1.23. The van der Waals surface area contributed by atoms with Gasteiger partial charge in [0.25, 0.3) is 0 Å². The topological polar surface area (TPSA) is 113 Å². The molecular weight excluding hydrogens is 587 g/mol.